The molecule has 1 saturated carbocycles. The zero-order chi connectivity index (χ0) is 11.4. The Kier molecular flexibility index (Phi) is 4.04. The number of hydrogen-bond donors (Lipinski definition) is 1. The van der Waals surface area contributed by atoms with Gasteiger partial charge in [0.05, 0.1) is 5.60 Å². The SMILES string of the molecule is C=CCCCN1CCC2(O)CCCCC2C1. The van der Waals surface area contributed by atoms with Gasteiger partial charge in [-0.2, -0.15) is 0 Å². The normalized spacial score (nSPS) is 35.7. The lowest BCUT2D eigenvalue weighted by molar-refractivity contribution is -0.0952. The van der Waals surface area contributed by atoms with Gasteiger partial charge in [0.25, 0.3) is 0 Å². The van der Waals surface area contributed by atoms with E-state index in [1.54, 1.807) is 0 Å². The third kappa shape index (κ3) is 2.67. The van der Waals surface area contributed by atoms with Crippen LogP contribution in [0.2, 0.25) is 0 Å². The van der Waals surface area contributed by atoms with Crippen molar-refractivity contribution in [2.24, 2.45) is 5.92 Å². The maximum atomic E-state index is 10.5. The Morgan fingerprint density at radius 2 is 2.25 bits per heavy atom. The van der Waals surface area contributed by atoms with E-state index in [1.807, 2.05) is 6.08 Å². The molecule has 2 unspecified atom stereocenters. The number of hydrogen-bond acceptors (Lipinski definition) is 2. The molecule has 16 heavy (non-hydrogen) atoms. The van der Waals surface area contributed by atoms with Gasteiger partial charge in [-0.3, -0.25) is 0 Å². The molecule has 0 amide bonds. The Morgan fingerprint density at radius 1 is 1.38 bits per heavy atom. The van der Waals surface area contributed by atoms with Gasteiger partial charge in [0.2, 0.25) is 0 Å². The first-order valence-corrected chi connectivity index (χ1v) is 6.80. The molecule has 2 atom stereocenters. The monoisotopic (exact) mass is 223 g/mol. The lowest BCUT2D eigenvalue weighted by Crippen LogP contribution is -2.53. The Bertz CT molecular complexity index is 241. The van der Waals surface area contributed by atoms with Gasteiger partial charge in [0, 0.05) is 19.0 Å². The summed E-state index contributed by atoms with van der Waals surface area (Å²) in [4.78, 5) is 2.54. The zero-order valence-electron chi connectivity index (χ0n) is 10.3. The lowest BCUT2D eigenvalue weighted by Gasteiger charge is -2.47. The number of allylic oxidation sites excluding steroid dienone is 1. The van der Waals surface area contributed by atoms with Gasteiger partial charge >= 0.3 is 0 Å². The van der Waals surface area contributed by atoms with E-state index in [0.29, 0.717) is 5.92 Å². The minimum Gasteiger partial charge on any atom is -0.390 e. The lowest BCUT2D eigenvalue weighted by atomic mass is 9.71. The van der Waals surface area contributed by atoms with Crippen LogP contribution in [0.25, 0.3) is 0 Å². The van der Waals surface area contributed by atoms with Crippen molar-refractivity contribution in [3.05, 3.63) is 12.7 Å². The second kappa shape index (κ2) is 5.33. The van der Waals surface area contributed by atoms with Crippen molar-refractivity contribution in [1.82, 2.24) is 4.90 Å². The highest BCUT2D eigenvalue weighted by atomic mass is 16.3. The van der Waals surface area contributed by atoms with Crippen molar-refractivity contribution in [2.45, 2.75) is 50.5 Å². The van der Waals surface area contributed by atoms with E-state index < -0.39 is 0 Å². The largest absolute Gasteiger partial charge is 0.390 e. The van der Waals surface area contributed by atoms with Crippen LogP contribution in [0.3, 0.4) is 0 Å². The zero-order valence-corrected chi connectivity index (χ0v) is 10.3. The number of nitrogens with zero attached hydrogens (tertiary/aromatic N) is 1. The fourth-order valence-corrected chi connectivity index (χ4v) is 3.30. The summed E-state index contributed by atoms with van der Waals surface area (Å²) in [5.41, 5.74) is -0.312. The second-order valence-corrected chi connectivity index (χ2v) is 5.53. The summed E-state index contributed by atoms with van der Waals surface area (Å²) in [6.45, 7) is 7.15. The summed E-state index contributed by atoms with van der Waals surface area (Å²) in [5, 5.41) is 10.5. The average molecular weight is 223 g/mol. The number of rotatable bonds is 4. The maximum absolute atomic E-state index is 10.5. The van der Waals surface area contributed by atoms with Gasteiger partial charge in [-0.1, -0.05) is 18.9 Å². The summed E-state index contributed by atoms with van der Waals surface area (Å²) in [6.07, 6.45) is 10.1. The molecule has 0 aromatic carbocycles. The third-order valence-electron chi connectivity index (χ3n) is 4.39. The first-order chi connectivity index (χ1) is 7.74. The minimum atomic E-state index is -0.312. The molecule has 2 heteroatoms. The van der Waals surface area contributed by atoms with Gasteiger partial charge in [-0.05, 0) is 38.6 Å². The topological polar surface area (TPSA) is 23.5 Å². The van der Waals surface area contributed by atoms with Crippen LogP contribution in [0.5, 0.6) is 0 Å². The molecular formula is C14H25NO. The molecule has 0 aromatic rings. The number of fused-ring (bicyclic) bond motifs is 1. The molecule has 0 aromatic heterocycles. The maximum Gasteiger partial charge on any atom is 0.0700 e. The molecule has 1 heterocycles. The number of piperidine rings is 1. The van der Waals surface area contributed by atoms with E-state index in [-0.39, 0.29) is 5.60 Å². The van der Waals surface area contributed by atoms with Crippen LogP contribution in [0.1, 0.15) is 44.9 Å². The molecule has 2 nitrogen and oxygen atoms in total. The molecule has 1 N–H and O–H groups in total. The van der Waals surface area contributed by atoms with Crippen LogP contribution >= 0.6 is 0 Å². The van der Waals surface area contributed by atoms with Crippen molar-refractivity contribution in [1.29, 1.82) is 0 Å². The Balaban J connectivity index is 1.82. The minimum absolute atomic E-state index is 0.312. The predicted molar refractivity (Wildman–Crippen MR) is 67.4 cm³/mol. The second-order valence-electron chi connectivity index (χ2n) is 5.53. The van der Waals surface area contributed by atoms with Gasteiger partial charge in [0.1, 0.15) is 0 Å². The third-order valence-corrected chi connectivity index (χ3v) is 4.39. The molecule has 0 radical (unpaired) electrons. The Morgan fingerprint density at radius 3 is 3.06 bits per heavy atom. The van der Waals surface area contributed by atoms with Crippen molar-refractivity contribution in [2.75, 3.05) is 19.6 Å². The first kappa shape index (κ1) is 12.1. The van der Waals surface area contributed by atoms with E-state index in [1.165, 1.54) is 32.2 Å². The Labute approximate surface area is 99.3 Å². The van der Waals surface area contributed by atoms with E-state index >= 15 is 0 Å². The van der Waals surface area contributed by atoms with Crippen molar-refractivity contribution < 1.29 is 5.11 Å². The molecular weight excluding hydrogens is 198 g/mol. The summed E-state index contributed by atoms with van der Waals surface area (Å²) in [6, 6.07) is 0. The molecule has 2 aliphatic rings. The molecule has 0 spiro atoms. The van der Waals surface area contributed by atoms with Gasteiger partial charge in [0.15, 0.2) is 0 Å². The molecule has 0 bridgehead atoms. The fourth-order valence-electron chi connectivity index (χ4n) is 3.30. The molecule has 1 aliphatic heterocycles. The predicted octanol–water partition coefficient (Wildman–Crippen LogP) is 2.58. The van der Waals surface area contributed by atoms with Crippen LogP contribution < -0.4 is 0 Å². The molecule has 2 rings (SSSR count). The molecule has 92 valence electrons. The quantitative estimate of drug-likeness (QED) is 0.585. The Hall–Kier alpha value is -0.340. The standard InChI is InChI=1S/C14H25NO/c1-2-3-6-10-15-11-9-14(16)8-5-4-7-13(14)12-15/h2,13,16H,1,3-12H2. The first-order valence-electron chi connectivity index (χ1n) is 6.80. The van der Waals surface area contributed by atoms with E-state index in [4.69, 9.17) is 0 Å². The highest BCUT2D eigenvalue weighted by Gasteiger charge is 2.42. The summed E-state index contributed by atoms with van der Waals surface area (Å²) in [5.74, 6) is 0.540. The van der Waals surface area contributed by atoms with Crippen LogP contribution in [-0.2, 0) is 0 Å². The van der Waals surface area contributed by atoms with E-state index in [0.717, 1.165) is 32.4 Å². The van der Waals surface area contributed by atoms with Crippen molar-refractivity contribution in [3.63, 3.8) is 0 Å². The number of aliphatic hydroxyl groups is 1. The summed E-state index contributed by atoms with van der Waals surface area (Å²) >= 11 is 0. The van der Waals surface area contributed by atoms with E-state index in [9.17, 15) is 5.11 Å². The number of unbranched alkanes of at least 4 members (excludes halogenated alkanes) is 1. The van der Waals surface area contributed by atoms with Crippen molar-refractivity contribution in [3.8, 4) is 0 Å². The van der Waals surface area contributed by atoms with Gasteiger partial charge in [-0.25, -0.2) is 0 Å². The molecule has 1 saturated heterocycles. The average Bonchev–Trinajstić information content (AvgIpc) is 2.29. The van der Waals surface area contributed by atoms with Crippen LogP contribution in [0.15, 0.2) is 12.7 Å². The van der Waals surface area contributed by atoms with Gasteiger partial charge in [-0.15, -0.1) is 6.58 Å². The summed E-state index contributed by atoms with van der Waals surface area (Å²) in [7, 11) is 0. The van der Waals surface area contributed by atoms with Crippen LogP contribution in [0, 0.1) is 5.92 Å². The fraction of sp³-hybridized carbons (Fsp3) is 0.857. The highest BCUT2D eigenvalue weighted by Crippen LogP contribution is 2.39. The summed E-state index contributed by atoms with van der Waals surface area (Å²) < 4.78 is 0. The van der Waals surface area contributed by atoms with E-state index in [2.05, 4.69) is 11.5 Å². The molecule has 2 fully saturated rings. The number of likely N-dealkylation sites (tertiary alicyclic amines) is 1. The molecule has 1 aliphatic carbocycles. The smallest absolute Gasteiger partial charge is 0.0700 e. The van der Waals surface area contributed by atoms with Crippen LogP contribution in [-0.4, -0.2) is 35.2 Å². The van der Waals surface area contributed by atoms with Gasteiger partial charge < -0.3 is 10.0 Å². The highest BCUT2D eigenvalue weighted by molar-refractivity contribution is 4.95. The van der Waals surface area contributed by atoms with Crippen molar-refractivity contribution >= 4 is 0 Å². The van der Waals surface area contributed by atoms with Crippen LogP contribution in [0.4, 0.5) is 0 Å².